The predicted octanol–water partition coefficient (Wildman–Crippen LogP) is 8.29. The smallest absolute Gasteiger partial charge is 0.301 e. The minimum atomic E-state index is -4.55. The summed E-state index contributed by atoms with van der Waals surface area (Å²) in [5.41, 5.74) is -2.61. The van der Waals surface area contributed by atoms with Gasteiger partial charge in [-0.3, -0.25) is 0 Å². The first-order valence-corrected chi connectivity index (χ1v) is 13.2. The molecule has 1 atom stereocenters. The second-order valence-corrected chi connectivity index (χ2v) is 10.5. The van der Waals surface area contributed by atoms with E-state index in [1.807, 2.05) is 18.2 Å². The Bertz CT molecular complexity index is 1090. The van der Waals surface area contributed by atoms with E-state index in [2.05, 4.69) is 30.9 Å². The van der Waals surface area contributed by atoms with Crippen LogP contribution >= 0.6 is 0 Å². The highest BCUT2D eigenvalue weighted by atomic mass is 19.4. The van der Waals surface area contributed by atoms with Crippen LogP contribution in [0.15, 0.2) is 48.5 Å². The molecule has 0 aromatic heterocycles. The van der Waals surface area contributed by atoms with E-state index in [0.717, 1.165) is 25.9 Å². The molecular weight excluding hydrogens is 502 g/mol. The number of nitriles is 1. The first-order chi connectivity index (χ1) is 17.8. The maximum atomic E-state index is 14.0. The Kier molecular flexibility index (Phi) is 9.24. The minimum absolute atomic E-state index is 0.138. The number of likely N-dealkylation sites (N-methyl/N-ethyl adjacent to an activating group) is 1. The van der Waals surface area contributed by atoms with Crippen molar-refractivity contribution in [3.05, 3.63) is 70.8 Å². The molecule has 0 saturated heterocycles. The van der Waals surface area contributed by atoms with Crippen LogP contribution in [-0.4, -0.2) is 36.4 Å². The molecule has 2 saturated carbocycles. The van der Waals surface area contributed by atoms with Crippen molar-refractivity contribution in [2.75, 3.05) is 13.1 Å². The van der Waals surface area contributed by atoms with Gasteiger partial charge in [0, 0.05) is 19.5 Å². The fourth-order valence-corrected chi connectivity index (χ4v) is 5.39. The largest absolute Gasteiger partial charge is 0.398 e. The SMILES string of the molecule is CC#N.CCN(CCc1ccccc1)C(C)CCc1ccc(C2(C(F)(F)F)CC2)c(C2(C(F)(F)F)CC2)c1. The second-order valence-electron chi connectivity index (χ2n) is 10.5. The van der Waals surface area contributed by atoms with Gasteiger partial charge in [-0.25, -0.2) is 0 Å². The lowest BCUT2D eigenvalue weighted by Gasteiger charge is -2.30. The highest BCUT2D eigenvalue weighted by Gasteiger charge is 2.70. The molecule has 2 fully saturated rings. The molecule has 2 aromatic carbocycles. The monoisotopic (exact) mass is 538 g/mol. The lowest BCUT2D eigenvalue weighted by atomic mass is 9.81. The van der Waals surface area contributed by atoms with Crippen LogP contribution in [0.4, 0.5) is 26.3 Å². The average molecular weight is 539 g/mol. The van der Waals surface area contributed by atoms with Crippen molar-refractivity contribution < 1.29 is 26.3 Å². The molecule has 4 rings (SSSR count). The Balaban J connectivity index is 0.00000127. The highest BCUT2D eigenvalue weighted by molar-refractivity contribution is 5.50. The van der Waals surface area contributed by atoms with Gasteiger partial charge in [0.25, 0.3) is 0 Å². The number of halogens is 6. The van der Waals surface area contributed by atoms with Crippen molar-refractivity contribution in [2.24, 2.45) is 0 Å². The summed E-state index contributed by atoms with van der Waals surface area (Å²) >= 11 is 0. The van der Waals surface area contributed by atoms with E-state index in [4.69, 9.17) is 5.26 Å². The van der Waals surface area contributed by atoms with E-state index in [1.54, 1.807) is 12.1 Å². The zero-order chi connectivity index (χ0) is 28.2. The Hall–Kier alpha value is -2.53. The summed E-state index contributed by atoms with van der Waals surface area (Å²) < 4.78 is 83.6. The molecule has 2 aliphatic carbocycles. The first kappa shape index (κ1) is 30.0. The number of alkyl halides is 6. The molecule has 0 aliphatic heterocycles. The molecule has 0 spiro atoms. The van der Waals surface area contributed by atoms with Crippen LogP contribution in [0.5, 0.6) is 0 Å². The fraction of sp³-hybridized carbons (Fsp3) is 0.567. The van der Waals surface area contributed by atoms with Gasteiger partial charge in [-0.1, -0.05) is 55.5 Å². The molecule has 38 heavy (non-hydrogen) atoms. The maximum Gasteiger partial charge on any atom is 0.398 e. The van der Waals surface area contributed by atoms with Crippen molar-refractivity contribution in [3.8, 4) is 6.07 Å². The molecule has 0 amide bonds. The molecule has 8 heteroatoms. The number of hydrogen-bond donors (Lipinski definition) is 0. The average Bonchev–Trinajstić information content (AvgIpc) is 3.76. The Morgan fingerprint density at radius 3 is 1.84 bits per heavy atom. The van der Waals surface area contributed by atoms with Crippen molar-refractivity contribution in [1.29, 1.82) is 5.26 Å². The van der Waals surface area contributed by atoms with E-state index in [9.17, 15) is 26.3 Å². The van der Waals surface area contributed by atoms with Gasteiger partial charge >= 0.3 is 12.4 Å². The van der Waals surface area contributed by atoms with Gasteiger partial charge < -0.3 is 4.90 Å². The van der Waals surface area contributed by atoms with Crippen LogP contribution in [0, 0.1) is 11.3 Å². The highest BCUT2D eigenvalue weighted by Crippen LogP contribution is 2.66. The second kappa shape index (κ2) is 11.7. The quantitative estimate of drug-likeness (QED) is 0.285. The summed E-state index contributed by atoms with van der Waals surface area (Å²) in [5, 5.41) is 7.32. The Morgan fingerprint density at radius 1 is 0.842 bits per heavy atom. The van der Waals surface area contributed by atoms with Crippen LogP contribution in [-0.2, 0) is 23.7 Å². The third-order valence-electron chi connectivity index (χ3n) is 8.11. The molecule has 1 unspecified atom stereocenters. The van der Waals surface area contributed by atoms with Gasteiger partial charge in [-0.15, -0.1) is 0 Å². The Labute approximate surface area is 221 Å². The van der Waals surface area contributed by atoms with Gasteiger partial charge in [0.1, 0.15) is 0 Å². The molecule has 0 N–H and O–H groups in total. The van der Waals surface area contributed by atoms with E-state index in [-0.39, 0.29) is 42.9 Å². The van der Waals surface area contributed by atoms with Crippen molar-refractivity contribution >= 4 is 0 Å². The summed E-state index contributed by atoms with van der Waals surface area (Å²) in [7, 11) is 0. The summed E-state index contributed by atoms with van der Waals surface area (Å²) in [4.78, 5) is 2.34. The number of rotatable bonds is 10. The molecule has 0 radical (unpaired) electrons. The van der Waals surface area contributed by atoms with Gasteiger partial charge in [0.15, 0.2) is 0 Å². The molecule has 2 aromatic rings. The standard InChI is InChI=1S/C28H33F6N.C2H3N/c1-3-35(18-13-21-7-5-4-6-8-21)20(2)9-10-22-11-12-23(25(14-15-25)27(29,30)31)24(19-22)26(16-17-26)28(32,33)34;1-2-3/h4-8,11-12,19-20H,3,9-10,13-18H2,1-2H3;1H3. The van der Waals surface area contributed by atoms with Crippen LogP contribution < -0.4 is 0 Å². The van der Waals surface area contributed by atoms with Crippen molar-refractivity contribution in [3.63, 3.8) is 0 Å². The summed E-state index contributed by atoms with van der Waals surface area (Å²) in [6, 6.07) is 16.5. The molecular formula is C30H36F6N2. The van der Waals surface area contributed by atoms with Crippen molar-refractivity contribution in [2.45, 2.75) is 94.9 Å². The van der Waals surface area contributed by atoms with Crippen LogP contribution in [0.1, 0.15) is 75.1 Å². The Morgan fingerprint density at radius 2 is 1.37 bits per heavy atom. The topological polar surface area (TPSA) is 27.0 Å². The van der Waals surface area contributed by atoms with Crippen LogP contribution in [0.2, 0.25) is 0 Å². The van der Waals surface area contributed by atoms with E-state index in [0.29, 0.717) is 12.0 Å². The summed E-state index contributed by atoms with van der Waals surface area (Å²) in [5.74, 6) is 0. The van der Waals surface area contributed by atoms with E-state index < -0.39 is 23.2 Å². The molecule has 208 valence electrons. The third kappa shape index (κ3) is 6.36. The number of aryl methyl sites for hydroxylation is 1. The number of hydrogen-bond acceptors (Lipinski definition) is 2. The normalized spacial score (nSPS) is 18.2. The van der Waals surface area contributed by atoms with E-state index >= 15 is 0 Å². The van der Waals surface area contributed by atoms with Crippen LogP contribution in [0.25, 0.3) is 0 Å². The van der Waals surface area contributed by atoms with Gasteiger partial charge in [-0.05, 0) is 80.7 Å². The maximum absolute atomic E-state index is 14.0. The molecule has 0 bridgehead atoms. The summed E-state index contributed by atoms with van der Waals surface area (Å²) in [6.07, 6.45) is -7.48. The van der Waals surface area contributed by atoms with Crippen LogP contribution in [0.3, 0.4) is 0 Å². The van der Waals surface area contributed by atoms with Gasteiger partial charge in [-0.2, -0.15) is 31.6 Å². The summed E-state index contributed by atoms with van der Waals surface area (Å²) in [6.45, 7) is 7.34. The number of nitrogens with zero attached hydrogens (tertiary/aromatic N) is 2. The minimum Gasteiger partial charge on any atom is -0.301 e. The lowest BCUT2D eigenvalue weighted by Crippen LogP contribution is -2.36. The van der Waals surface area contributed by atoms with Gasteiger partial charge in [0.2, 0.25) is 0 Å². The molecule has 2 aliphatic rings. The predicted molar refractivity (Wildman–Crippen MR) is 137 cm³/mol. The van der Waals surface area contributed by atoms with E-state index in [1.165, 1.54) is 24.6 Å². The zero-order valence-electron chi connectivity index (χ0n) is 22.2. The lowest BCUT2D eigenvalue weighted by molar-refractivity contribution is -0.167. The zero-order valence-corrected chi connectivity index (χ0v) is 22.2. The first-order valence-electron chi connectivity index (χ1n) is 13.2. The van der Waals surface area contributed by atoms with Gasteiger partial charge in [0.05, 0.1) is 16.9 Å². The molecule has 2 nitrogen and oxygen atoms in total. The van der Waals surface area contributed by atoms with Crippen molar-refractivity contribution in [1.82, 2.24) is 4.90 Å². The third-order valence-corrected chi connectivity index (χ3v) is 8.11. The molecule has 0 heterocycles. The fourth-order valence-electron chi connectivity index (χ4n) is 5.39. The number of benzene rings is 2.